The van der Waals surface area contributed by atoms with Gasteiger partial charge in [-0.3, -0.25) is 0 Å². The first-order chi connectivity index (χ1) is 7.56. The first-order valence-corrected chi connectivity index (χ1v) is 7.56. The maximum Gasteiger partial charge on any atom is -0.0229 e. The van der Waals surface area contributed by atoms with Gasteiger partial charge in [-0.25, -0.2) is 0 Å². The Morgan fingerprint density at radius 3 is 2.25 bits per heavy atom. The van der Waals surface area contributed by atoms with Crippen molar-refractivity contribution in [1.82, 2.24) is 0 Å². The van der Waals surface area contributed by atoms with Crippen molar-refractivity contribution in [3.05, 3.63) is 0 Å². The Bertz CT molecular complexity index is 244. The van der Waals surface area contributed by atoms with E-state index < -0.39 is 0 Å². The summed E-state index contributed by atoms with van der Waals surface area (Å²) in [6.45, 7) is 12.1. The van der Waals surface area contributed by atoms with E-state index in [1.807, 2.05) is 0 Å². The van der Waals surface area contributed by atoms with Crippen LogP contribution in [0.5, 0.6) is 0 Å². The molecule has 0 bridgehead atoms. The number of hydrogen-bond acceptors (Lipinski definition) is 0. The van der Waals surface area contributed by atoms with Gasteiger partial charge in [-0.05, 0) is 47.8 Å². The van der Waals surface area contributed by atoms with Crippen LogP contribution >= 0.6 is 0 Å². The summed E-state index contributed by atoms with van der Waals surface area (Å²) >= 11 is 0. The molecular weight excluding hydrogens is 192 g/mol. The third kappa shape index (κ3) is 1.93. The van der Waals surface area contributed by atoms with Crippen molar-refractivity contribution in [3.63, 3.8) is 0 Å². The molecule has 2 rings (SSSR count). The number of hydrogen-bond donors (Lipinski definition) is 0. The van der Waals surface area contributed by atoms with Crippen molar-refractivity contribution in [2.75, 3.05) is 0 Å². The Morgan fingerprint density at radius 1 is 1.06 bits per heavy atom. The first-order valence-electron chi connectivity index (χ1n) is 7.56. The zero-order valence-electron chi connectivity index (χ0n) is 11.9. The molecule has 6 atom stereocenters. The van der Waals surface area contributed by atoms with Crippen LogP contribution in [0.3, 0.4) is 0 Å². The summed E-state index contributed by atoms with van der Waals surface area (Å²) in [5, 5.41) is 0. The van der Waals surface area contributed by atoms with Crippen molar-refractivity contribution in [2.45, 2.75) is 66.7 Å². The van der Waals surface area contributed by atoms with E-state index in [-0.39, 0.29) is 0 Å². The molecule has 1 spiro atoms. The molecule has 2 fully saturated rings. The van der Waals surface area contributed by atoms with Gasteiger partial charge in [0, 0.05) is 0 Å². The van der Waals surface area contributed by atoms with Crippen molar-refractivity contribution in [1.29, 1.82) is 0 Å². The highest BCUT2D eigenvalue weighted by Gasteiger charge is 2.71. The summed E-state index contributed by atoms with van der Waals surface area (Å²) < 4.78 is 0. The van der Waals surface area contributed by atoms with Gasteiger partial charge in [0.25, 0.3) is 0 Å². The van der Waals surface area contributed by atoms with Crippen LogP contribution in [0.4, 0.5) is 0 Å². The molecular formula is C16H30. The van der Waals surface area contributed by atoms with Crippen LogP contribution in [-0.2, 0) is 0 Å². The molecule has 0 aromatic heterocycles. The van der Waals surface area contributed by atoms with Gasteiger partial charge in [0.1, 0.15) is 0 Å². The molecule has 0 aliphatic heterocycles. The Balaban J connectivity index is 1.83. The van der Waals surface area contributed by atoms with Gasteiger partial charge in [0.15, 0.2) is 0 Å². The standard InChI is InChI=1S/C16H30/c1-6-8-12(4)13(5)15-10-16(15)9-14(16)11(3)7-2/h11-15H,6-10H2,1-5H3. The number of rotatable bonds is 6. The lowest BCUT2D eigenvalue weighted by atomic mass is 9.86. The average molecular weight is 222 g/mol. The van der Waals surface area contributed by atoms with Crippen LogP contribution in [0.1, 0.15) is 66.7 Å². The van der Waals surface area contributed by atoms with Crippen molar-refractivity contribution >= 4 is 0 Å². The van der Waals surface area contributed by atoms with Crippen molar-refractivity contribution < 1.29 is 0 Å². The van der Waals surface area contributed by atoms with Crippen LogP contribution < -0.4 is 0 Å². The predicted molar refractivity (Wildman–Crippen MR) is 71.3 cm³/mol. The lowest BCUT2D eigenvalue weighted by molar-refractivity contribution is 0.297. The average Bonchev–Trinajstić information content (AvgIpc) is 3.16. The predicted octanol–water partition coefficient (Wildman–Crippen LogP) is 5.13. The van der Waals surface area contributed by atoms with Crippen LogP contribution in [-0.4, -0.2) is 0 Å². The molecule has 0 N–H and O–H groups in total. The molecule has 0 amide bonds. The van der Waals surface area contributed by atoms with E-state index in [0.717, 1.165) is 35.0 Å². The van der Waals surface area contributed by atoms with E-state index in [2.05, 4.69) is 34.6 Å². The highest BCUT2D eigenvalue weighted by atomic mass is 14.8. The Morgan fingerprint density at radius 2 is 1.69 bits per heavy atom. The molecule has 0 heterocycles. The summed E-state index contributed by atoms with van der Waals surface area (Å²) in [6, 6.07) is 0. The smallest absolute Gasteiger partial charge is 0.0229 e. The summed E-state index contributed by atoms with van der Waals surface area (Å²) in [5.41, 5.74) is 0.858. The minimum atomic E-state index is 0.858. The summed E-state index contributed by atoms with van der Waals surface area (Å²) in [5.74, 6) is 5.10. The van der Waals surface area contributed by atoms with Crippen LogP contribution in [0.25, 0.3) is 0 Å². The molecule has 2 aliphatic carbocycles. The van der Waals surface area contributed by atoms with E-state index in [1.54, 1.807) is 12.8 Å². The van der Waals surface area contributed by atoms with Crippen LogP contribution in [0.2, 0.25) is 0 Å². The molecule has 0 aromatic carbocycles. The van der Waals surface area contributed by atoms with Gasteiger partial charge in [0.05, 0.1) is 0 Å². The fourth-order valence-corrected chi connectivity index (χ4v) is 4.24. The van der Waals surface area contributed by atoms with Gasteiger partial charge in [-0.15, -0.1) is 0 Å². The van der Waals surface area contributed by atoms with Crippen LogP contribution in [0.15, 0.2) is 0 Å². The minimum absolute atomic E-state index is 0.858. The quantitative estimate of drug-likeness (QED) is 0.584. The summed E-state index contributed by atoms with van der Waals surface area (Å²) in [6.07, 6.45) is 7.31. The zero-order chi connectivity index (χ0) is 11.9. The first kappa shape index (κ1) is 12.5. The lowest BCUT2D eigenvalue weighted by Gasteiger charge is -2.20. The van der Waals surface area contributed by atoms with Gasteiger partial charge >= 0.3 is 0 Å². The van der Waals surface area contributed by atoms with E-state index in [4.69, 9.17) is 0 Å². The fourth-order valence-electron chi connectivity index (χ4n) is 4.24. The van der Waals surface area contributed by atoms with Crippen LogP contribution in [0, 0.1) is 35.0 Å². The topological polar surface area (TPSA) is 0 Å². The lowest BCUT2D eigenvalue weighted by Crippen LogP contribution is -2.12. The van der Waals surface area contributed by atoms with E-state index in [9.17, 15) is 0 Å². The second-order valence-electron chi connectivity index (χ2n) is 6.87. The Labute approximate surface area is 102 Å². The Hall–Kier alpha value is 0. The second kappa shape index (κ2) is 4.35. The normalized spacial score (nSPS) is 41.8. The molecule has 0 heteroatoms. The third-order valence-electron chi connectivity index (χ3n) is 5.96. The molecule has 0 saturated heterocycles. The molecule has 0 aromatic rings. The SMILES string of the molecule is CCCC(C)C(C)C1CC12CC2C(C)CC. The van der Waals surface area contributed by atoms with E-state index in [1.165, 1.54) is 19.3 Å². The van der Waals surface area contributed by atoms with Gasteiger partial charge in [-0.1, -0.05) is 53.9 Å². The van der Waals surface area contributed by atoms with Gasteiger partial charge < -0.3 is 0 Å². The maximum absolute atomic E-state index is 2.52. The Kier molecular flexibility index (Phi) is 3.39. The van der Waals surface area contributed by atoms with Crippen molar-refractivity contribution in [3.8, 4) is 0 Å². The third-order valence-corrected chi connectivity index (χ3v) is 5.96. The fraction of sp³-hybridized carbons (Fsp3) is 1.00. The van der Waals surface area contributed by atoms with E-state index >= 15 is 0 Å². The maximum atomic E-state index is 2.52. The van der Waals surface area contributed by atoms with Crippen molar-refractivity contribution in [2.24, 2.45) is 35.0 Å². The monoisotopic (exact) mass is 222 g/mol. The molecule has 94 valence electrons. The zero-order valence-corrected chi connectivity index (χ0v) is 11.9. The minimum Gasteiger partial charge on any atom is -0.0654 e. The molecule has 2 aliphatic rings. The van der Waals surface area contributed by atoms with Gasteiger partial charge in [0.2, 0.25) is 0 Å². The highest BCUT2D eigenvalue weighted by molar-refractivity contribution is 5.20. The molecule has 0 radical (unpaired) electrons. The summed E-state index contributed by atoms with van der Waals surface area (Å²) in [4.78, 5) is 0. The second-order valence-corrected chi connectivity index (χ2v) is 6.87. The molecule has 0 nitrogen and oxygen atoms in total. The van der Waals surface area contributed by atoms with Gasteiger partial charge in [-0.2, -0.15) is 0 Å². The largest absolute Gasteiger partial charge is 0.0654 e. The highest BCUT2D eigenvalue weighted by Crippen LogP contribution is 2.79. The molecule has 2 saturated carbocycles. The molecule has 6 unspecified atom stereocenters. The summed E-state index contributed by atoms with van der Waals surface area (Å²) in [7, 11) is 0. The molecule has 16 heavy (non-hydrogen) atoms. The van der Waals surface area contributed by atoms with E-state index in [0.29, 0.717) is 0 Å².